The predicted molar refractivity (Wildman–Crippen MR) is 71.8 cm³/mol. The van der Waals surface area contributed by atoms with Crippen LogP contribution in [0.3, 0.4) is 0 Å². The minimum absolute atomic E-state index is 0.276. The van der Waals surface area contributed by atoms with Crippen LogP contribution in [0.1, 0.15) is 25.3 Å². The zero-order chi connectivity index (χ0) is 13.2. The largest absolute Gasteiger partial charge is 0.384 e. The zero-order valence-electron chi connectivity index (χ0n) is 10.3. The first-order chi connectivity index (χ1) is 8.53. The summed E-state index contributed by atoms with van der Waals surface area (Å²) < 4.78 is 6.24. The van der Waals surface area contributed by atoms with Gasteiger partial charge in [-0.1, -0.05) is 34.1 Å². The molecule has 1 fully saturated rings. The molecule has 1 aromatic carbocycles. The van der Waals surface area contributed by atoms with Crippen LogP contribution >= 0.6 is 15.9 Å². The molecule has 1 aromatic rings. The van der Waals surface area contributed by atoms with E-state index >= 15 is 0 Å². The number of rotatable bonds is 2. The van der Waals surface area contributed by atoms with Crippen LogP contribution in [-0.4, -0.2) is 18.3 Å². The van der Waals surface area contributed by atoms with Crippen LogP contribution in [0, 0.1) is 16.7 Å². The molecule has 0 saturated carbocycles. The number of ether oxygens (including phenoxy) is 1. The van der Waals surface area contributed by atoms with E-state index in [0.29, 0.717) is 13.0 Å². The Hall–Kier alpha value is -0.890. The predicted octanol–water partition coefficient (Wildman–Crippen LogP) is 2.98. The molecule has 1 saturated heterocycles. The summed E-state index contributed by atoms with van der Waals surface area (Å²) in [5.74, 6) is 0. The first-order valence-electron chi connectivity index (χ1n) is 6.00. The number of nitriles is 1. The molecule has 0 aromatic heterocycles. The summed E-state index contributed by atoms with van der Waals surface area (Å²) in [6.45, 7) is 2.64. The van der Waals surface area contributed by atoms with Crippen LogP contribution in [0.2, 0.25) is 0 Å². The molecular weight excluding hydrogens is 294 g/mol. The summed E-state index contributed by atoms with van der Waals surface area (Å²) in [4.78, 5) is 0. The fraction of sp³-hybridized carbons (Fsp3) is 0.500. The third-order valence-electron chi connectivity index (χ3n) is 3.78. The first kappa shape index (κ1) is 13.5. The SMILES string of the molecule is CC(O)(c1ccccc1Br)C1(C#N)CCCOC1. The van der Waals surface area contributed by atoms with E-state index in [0.717, 1.165) is 16.5 Å². The van der Waals surface area contributed by atoms with Crippen LogP contribution in [-0.2, 0) is 10.3 Å². The maximum absolute atomic E-state index is 10.9. The number of aliphatic hydroxyl groups is 1. The molecule has 2 atom stereocenters. The molecule has 1 aliphatic rings. The molecule has 0 amide bonds. The Morgan fingerprint density at radius 2 is 2.22 bits per heavy atom. The van der Waals surface area contributed by atoms with Crippen molar-refractivity contribution in [3.63, 3.8) is 0 Å². The van der Waals surface area contributed by atoms with Gasteiger partial charge in [-0.25, -0.2) is 0 Å². The third kappa shape index (κ3) is 2.07. The van der Waals surface area contributed by atoms with Crippen molar-refractivity contribution >= 4 is 15.9 Å². The van der Waals surface area contributed by atoms with Gasteiger partial charge in [0.05, 0.1) is 12.7 Å². The normalized spacial score (nSPS) is 27.2. The number of hydrogen-bond donors (Lipinski definition) is 1. The summed E-state index contributed by atoms with van der Waals surface area (Å²) in [6, 6.07) is 9.76. The monoisotopic (exact) mass is 309 g/mol. The molecule has 18 heavy (non-hydrogen) atoms. The van der Waals surface area contributed by atoms with E-state index in [1.807, 2.05) is 24.3 Å². The van der Waals surface area contributed by atoms with Crippen molar-refractivity contribution in [2.24, 2.45) is 5.41 Å². The van der Waals surface area contributed by atoms with Crippen molar-refractivity contribution < 1.29 is 9.84 Å². The highest BCUT2D eigenvalue weighted by Crippen LogP contribution is 2.46. The van der Waals surface area contributed by atoms with Gasteiger partial charge in [0.15, 0.2) is 0 Å². The second kappa shape index (κ2) is 5.00. The zero-order valence-corrected chi connectivity index (χ0v) is 11.9. The average Bonchev–Trinajstić information content (AvgIpc) is 2.39. The molecule has 4 heteroatoms. The molecule has 1 heterocycles. The van der Waals surface area contributed by atoms with E-state index < -0.39 is 11.0 Å². The van der Waals surface area contributed by atoms with Crippen molar-refractivity contribution in [1.29, 1.82) is 5.26 Å². The fourth-order valence-electron chi connectivity index (χ4n) is 2.49. The summed E-state index contributed by atoms with van der Waals surface area (Å²) in [7, 11) is 0. The number of benzene rings is 1. The molecule has 96 valence electrons. The molecule has 1 N–H and O–H groups in total. The molecule has 3 nitrogen and oxygen atoms in total. The van der Waals surface area contributed by atoms with E-state index in [1.165, 1.54) is 0 Å². The van der Waals surface area contributed by atoms with Crippen LogP contribution in [0.5, 0.6) is 0 Å². The maximum atomic E-state index is 10.9. The lowest BCUT2D eigenvalue weighted by atomic mass is 9.67. The number of hydrogen-bond acceptors (Lipinski definition) is 3. The summed E-state index contributed by atoms with van der Waals surface area (Å²) in [5.41, 5.74) is -1.38. The first-order valence-corrected chi connectivity index (χ1v) is 6.79. The number of halogens is 1. The van der Waals surface area contributed by atoms with Crippen LogP contribution in [0.15, 0.2) is 28.7 Å². The van der Waals surface area contributed by atoms with Gasteiger partial charge in [0.1, 0.15) is 11.0 Å². The lowest BCUT2D eigenvalue weighted by Crippen LogP contribution is -2.48. The Morgan fingerprint density at radius 1 is 1.50 bits per heavy atom. The lowest BCUT2D eigenvalue weighted by Gasteiger charge is -2.43. The highest BCUT2D eigenvalue weighted by Gasteiger charge is 2.50. The van der Waals surface area contributed by atoms with Crippen molar-refractivity contribution in [1.82, 2.24) is 0 Å². The summed E-state index contributed by atoms with van der Waals surface area (Å²) in [5, 5.41) is 20.4. The second-order valence-corrected chi connectivity index (χ2v) is 5.76. The molecule has 0 bridgehead atoms. The third-order valence-corrected chi connectivity index (χ3v) is 4.48. The van der Waals surface area contributed by atoms with Crippen LogP contribution in [0.4, 0.5) is 0 Å². The van der Waals surface area contributed by atoms with Crippen molar-refractivity contribution in [3.05, 3.63) is 34.3 Å². The van der Waals surface area contributed by atoms with Crippen molar-refractivity contribution in [2.45, 2.75) is 25.4 Å². The Bertz CT molecular complexity index is 473. The van der Waals surface area contributed by atoms with Gasteiger partial charge < -0.3 is 9.84 Å². The van der Waals surface area contributed by atoms with Crippen LogP contribution in [0.25, 0.3) is 0 Å². The average molecular weight is 310 g/mol. The van der Waals surface area contributed by atoms with Gasteiger partial charge in [0.2, 0.25) is 0 Å². The van der Waals surface area contributed by atoms with Gasteiger partial charge in [-0.3, -0.25) is 0 Å². The molecule has 0 radical (unpaired) electrons. The quantitative estimate of drug-likeness (QED) is 0.913. The molecule has 1 aliphatic heterocycles. The standard InChI is InChI=1S/C14H16BrNO2/c1-13(17,11-5-2-3-6-12(11)15)14(9-16)7-4-8-18-10-14/h2-3,5-6,17H,4,7-8,10H2,1H3. The topological polar surface area (TPSA) is 53.2 Å². The Balaban J connectivity index is 2.47. The summed E-state index contributed by atoms with van der Waals surface area (Å²) in [6.07, 6.45) is 1.45. The van der Waals surface area contributed by atoms with Gasteiger partial charge in [0.25, 0.3) is 0 Å². The minimum atomic E-state index is -1.23. The second-order valence-electron chi connectivity index (χ2n) is 4.90. The van der Waals surface area contributed by atoms with E-state index in [-0.39, 0.29) is 6.61 Å². The van der Waals surface area contributed by atoms with Crippen molar-refractivity contribution in [2.75, 3.05) is 13.2 Å². The van der Waals surface area contributed by atoms with Gasteiger partial charge in [0, 0.05) is 11.1 Å². The van der Waals surface area contributed by atoms with Gasteiger partial charge in [-0.15, -0.1) is 0 Å². The molecule has 2 unspecified atom stereocenters. The minimum Gasteiger partial charge on any atom is -0.384 e. The maximum Gasteiger partial charge on any atom is 0.113 e. The number of nitrogens with zero attached hydrogens (tertiary/aromatic N) is 1. The lowest BCUT2D eigenvalue weighted by molar-refractivity contribution is -0.113. The molecule has 0 aliphatic carbocycles. The Morgan fingerprint density at radius 3 is 2.78 bits per heavy atom. The molecule has 0 spiro atoms. The van der Waals surface area contributed by atoms with Gasteiger partial charge in [-0.05, 0) is 31.4 Å². The molecular formula is C14H16BrNO2. The Kier molecular flexibility index (Phi) is 3.76. The highest BCUT2D eigenvalue weighted by molar-refractivity contribution is 9.10. The van der Waals surface area contributed by atoms with E-state index in [1.54, 1.807) is 6.92 Å². The van der Waals surface area contributed by atoms with Crippen LogP contribution < -0.4 is 0 Å². The molecule has 2 rings (SSSR count). The van der Waals surface area contributed by atoms with E-state index in [9.17, 15) is 10.4 Å². The highest BCUT2D eigenvalue weighted by atomic mass is 79.9. The van der Waals surface area contributed by atoms with Gasteiger partial charge >= 0.3 is 0 Å². The van der Waals surface area contributed by atoms with Crippen molar-refractivity contribution in [3.8, 4) is 6.07 Å². The van der Waals surface area contributed by atoms with E-state index in [2.05, 4.69) is 22.0 Å². The van der Waals surface area contributed by atoms with Gasteiger partial charge in [-0.2, -0.15) is 5.26 Å². The fourth-order valence-corrected chi connectivity index (χ4v) is 3.16. The van der Waals surface area contributed by atoms with E-state index in [4.69, 9.17) is 4.74 Å². The summed E-state index contributed by atoms with van der Waals surface area (Å²) >= 11 is 3.44. The Labute approximate surface area is 116 Å². The smallest absolute Gasteiger partial charge is 0.113 e.